The summed E-state index contributed by atoms with van der Waals surface area (Å²) in [6.45, 7) is 2.60. The summed E-state index contributed by atoms with van der Waals surface area (Å²) < 4.78 is 21.0. The molecule has 1 saturated carbocycles. The number of benzene rings is 2. The molecule has 2 aromatic heterocycles. The van der Waals surface area contributed by atoms with Gasteiger partial charge in [-0.15, -0.1) is 11.3 Å². The van der Waals surface area contributed by atoms with Crippen molar-refractivity contribution in [3.8, 4) is 16.9 Å². The zero-order chi connectivity index (χ0) is 29.1. The third-order valence-electron chi connectivity index (χ3n) is 7.71. The molecule has 2 aromatic carbocycles. The summed E-state index contributed by atoms with van der Waals surface area (Å²) in [7, 11) is 1.60. The molecule has 1 aliphatic rings. The minimum absolute atomic E-state index is 0.105. The standard InChI is InChI=1S/C31H31ClFN3O4S/c1-18-14-21(12-13-34-18)20-8-11-25(40-2)22(15-20)17-36(23-9-6-19(7-10-23)16-35-31(38)39)30(37)29-28(32)27-24(33)4-3-5-26(27)41-29/h3-5,8,11-15,19,23,35H,6-7,9-10,16-17H2,1-2H3,(H,38,39). The number of pyridine rings is 1. The van der Waals surface area contributed by atoms with Crippen molar-refractivity contribution in [2.45, 2.75) is 45.2 Å². The normalized spacial score (nSPS) is 16.9. The number of aromatic nitrogens is 1. The molecule has 7 nitrogen and oxygen atoms in total. The molecule has 214 valence electrons. The molecule has 41 heavy (non-hydrogen) atoms. The van der Waals surface area contributed by atoms with Crippen LogP contribution in [0.25, 0.3) is 21.2 Å². The van der Waals surface area contributed by atoms with E-state index < -0.39 is 11.9 Å². The lowest BCUT2D eigenvalue weighted by Crippen LogP contribution is -2.43. The maximum absolute atomic E-state index is 14.7. The van der Waals surface area contributed by atoms with Gasteiger partial charge in [0.1, 0.15) is 16.4 Å². The van der Waals surface area contributed by atoms with Gasteiger partial charge in [-0.05, 0) is 86.1 Å². The van der Waals surface area contributed by atoms with Crippen LogP contribution in [-0.4, -0.2) is 46.7 Å². The maximum Gasteiger partial charge on any atom is 0.404 e. The zero-order valence-electron chi connectivity index (χ0n) is 22.8. The van der Waals surface area contributed by atoms with Crippen LogP contribution >= 0.6 is 22.9 Å². The van der Waals surface area contributed by atoms with Gasteiger partial charge in [0.2, 0.25) is 0 Å². The van der Waals surface area contributed by atoms with Crippen LogP contribution in [0.2, 0.25) is 5.02 Å². The van der Waals surface area contributed by atoms with E-state index in [9.17, 15) is 14.0 Å². The van der Waals surface area contributed by atoms with Crippen molar-refractivity contribution in [2.24, 2.45) is 5.92 Å². The first-order valence-electron chi connectivity index (χ1n) is 13.5. The summed E-state index contributed by atoms with van der Waals surface area (Å²) in [4.78, 5) is 31.7. The minimum atomic E-state index is -1.04. The molecular weight excluding hydrogens is 565 g/mol. The number of carbonyl (C=O) groups is 2. The Morgan fingerprint density at radius 2 is 1.90 bits per heavy atom. The Labute approximate surface area is 246 Å². The van der Waals surface area contributed by atoms with Gasteiger partial charge in [0.25, 0.3) is 5.91 Å². The van der Waals surface area contributed by atoms with Crippen molar-refractivity contribution in [1.82, 2.24) is 15.2 Å². The highest BCUT2D eigenvalue weighted by atomic mass is 35.5. The van der Waals surface area contributed by atoms with Crippen molar-refractivity contribution in [2.75, 3.05) is 13.7 Å². The third kappa shape index (κ3) is 6.31. The number of nitrogens with zero attached hydrogens (tertiary/aromatic N) is 2. The van der Waals surface area contributed by atoms with E-state index in [-0.39, 0.29) is 34.8 Å². The average Bonchev–Trinajstić information content (AvgIpc) is 3.32. The molecule has 0 saturated heterocycles. The second kappa shape index (κ2) is 12.4. The first-order valence-corrected chi connectivity index (χ1v) is 14.7. The quantitative estimate of drug-likeness (QED) is 0.219. The highest BCUT2D eigenvalue weighted by Gasteiger charge is 2.33. The topological polar surface area (TPSA) is 91.8 Å². The molecular formula is C31H31ClFN3O4S. The van der Waals surface area contributed by atoms with Gasteiger partial charge in [-0.2, -0.15) is 0 Å². The number of rotatable bonds is 8. The van der Waals surface area contributed by atoms with E-state index in [1.807, 2.05) is 42.2 Å². The number of thiophene rings is 1. The second-order valence-electron chi connectivity index (χ2n) is 10.4. The Hall–Kier alpha value is -3.69. The van der Waals surface area contributed by atoms with Crippen molar-refractivity contribution in [3.63, 3.8) is 0 Å². The molecule has 0 bridgehead atoms. The van der Waals surface area contributed by atoms with Gasteiger partial charge in [-0.25, -0.2) is 9.18 Å². The van der Waals surface area contributed by atoms with Crippen LogP contribution in [0.4, 0.5) is 9.18 Å². The number of methoxy groups -OCH3 is 1. The van der Waals surface area contributed by atoms with Gasteiger partial charge >= 0.3 is 6.09 Å². The van der Waals surface area contributed by atoms with Crippen molar-refractivity contribution in [3.05, 3.63) is 81.7 Å². The molecule has 2 N–H and O–H groups in total. The number of nitrogens with one attached hydrogen (secondary N) is 1. The first-order chi connectivity index (χ1) is 19.7. The molecule has 0 aliphatic heterocycles. The van der Waals surface area contributed by atoms with Crippen LogP contribution in [0.15, 0.2) is 54.7 Å². The predicted molar refractivity (Wildman–Crippen MR) is 159 cm³/mol. The smallest absolute Gasteiger partial charge is 0.404 e. The van der Waals surface area contributed by atoms with Crippen molar-refractivity contribution < 1.29 is 23.8 Å². The highest BCUT2D eigenvalue weighted by Crippen LogP contribution is 2.40. The third-order valence-corrected chi connectivity index (χ3v) is 9.34. The SMILES string of the molecule is COc1ccc(-c2ccnc(C)c2)cc1CN(C(=O)c1sc2cccc(F)c2c1Cl)C1CCC(CNC(=O)O)CC1. The fourth-order valence-corrected chi connectivity index (χ4v) is 7.10. The van der Waals surface area contributed by atoms with Gasteiger partial charge in [-0.1, -0.05) is 23.7 Å². The lowest BCUT2D eigenvalue weighted by atomic mass is 9.85. The van der Waals surface area contributed by atoms with Crippen LogP contribution in [0.5, 0.6) is 5.75 Å². The predicted octanol–water partition coefficient (Wildman–Crippen LogP) is 7.54. The van der Waals surface area contributed by atoms with Gasteiger partial charge in [-0.3, -0.25) is 9.78 Å². The summed E-state index contributed by atoms with van der Waals surface area (Å²) in [6.07, 6.45) is 3.70. The van der Waals surface area contributed by atoms with Crippen LogP contribution in [-0.2, 0) is 6.54 Å². The van der Waals surface area contributed by atoms with E-state index in [0.717, 1.165) is 35.2 Å². The molecule has 0 atom stereocenters. The molecule has 10 heteroatoms. The number of fused-ring (bicyclic) bond motifs is 1. The largest absolute Gasteiger partial charge is 0.496 e. The monoisotopic (exact) mass is 595 g/mol. The summed E-state index contributed by atoms with van der Waals surface area (Å²) in [6, 6.07) is 14.5. The van der Waals surface area contributed by atoms with Gasteiger partial charge < -0.3 is 20.1 Å². The highest BCUT2D eigenvalue weighted by molar-refractivity contribution is 7.21. The fourth-order valence-electron chi connectivity index (χ4n) is 5.59. The number of ether oxygens (including phenoxy) is 1. The van der Waals surface area contributed by atoms with Crippen LogP contribution in [0, 0.1) is 18.7 Å². The van der Waals surface area contributed by atoms with E-state index in [2.05, 4.69) is 10.3 Å². The number of carboxylic acid groups (broad SMARTS) is 1. The molecule has 1 fully saturated rings. The van der Waals surface area contributed by atoms with Crippen LogP contribution in [0.1, 0.15) is 46.6 Å². The number of hydrogen-bond donors (Lipinski definition) is 2. The summed E-state index contributed by atoms with van der Waals surface area (Å²) in [5, 5.41) is 11.9. The number of carbonyl (C=O) groups excluding carboxylic acids is 1. The van der Waals surface area contributed by atoms with Crippen molar-refractivity contribution >= 4 is 45.0 Å². The average molecular weight is 596 g/mol. The van der Waals surface area contributed by atoms with Crippen LogP contribution in [0.3, 0.4) is 0 Å². The Bertz CT molecular complexity index is 1590. The minimum Gasteiger partial charge on any atom is -0.496 e. The Kier molecular flexibility index (Phi) is 8.75. The fraction of sp³-hybridized carbons (Fsp3) is 0.323. The zero-order valence-corrected chi connectivity index (χ0v) is 24.4. The van der Waals surface area contributed by atoms with E-state index >= 15 is 0 Å². The molecule has 0 spiro atoms. The Morgan fingerprint density at radius 3 is 2.59 bits per heavy atom. The first kappa shape index (κ1) is 28.8. The molecule has 2 amide bonds. The lowest BCUT2D eigenvalue weighted by molar-refractivity contribution is 0.0592. The maximum atomic E-state index is 14.7. The second-order valence-corrected chi connectivity index (χ2v) is 11.8. The number of aryl methyl sites for hydroxylation is 1. The summed E-state index contributed by atoms with van der Waals surface area (Å²) in [5.74, 6) is 0.150. The number of hydrogen-bond acceptors (Lipinski definition) is 5. The van der Waals surface area contributed by atoms with E-state index in [4.69, 9.17) is 21.4 Å². The summed E-state index contributed by atoms with van der Waals surface area (Å²) >= 11 is 7.84. The van der Waals surface area contributed by atoms with E-state index in [1.165, 1.54) is 17.4 Å². The Balaban J connectivity index is 1.50. The van der Waals surface area contributed by atoms with Gasteiger partial charge in [0, 0.05) is 46.7 Å². The number of amides is 2. The Morgan fingerprint density at radius 1 is 1.15 bits per heavy atom. The molecule has 1 aliphatic carbocycles. The summed E-state index contributed by atoms with van der Waals surface area (Å²) in [5.41, 5.74) is 3.72. The van der Waals surface area contributed by atoms with Gasteiger partial charge in [0.05, 0.1) is 12.1 Å². The lowest BCUT2D eigenvalue weighted by Gasteiger charge is -2.37. The van der Waals surface area contributed by atoms with E-state index in [0.29, 0.717) is 34.7 Å². The number of halogens is 2. The molecule has 0 unspecified atom stereocenters. The molecule has 5 rings (SSSR count). The van der Waals surface area contributed by atoms with Crippen molar-refractivity contribution in [1.29, 1.82) is 0 Å². The molecule has 0 radical (unpaired) electrons. The van der Waals surface area contributed by atoms with Crippen LogP contribution < -0.4 is 10.1 Å². The van der Waals surface area contributed by atoms with E-state index in [1.54, 1.807) is 25.4 Å². The van der Waals surface area contributed by atoms with Gasteiger partial charge in [0.15, 0.2) is 0 Å². The molecule has 4 aromatic rings. The molecule has 2 heterocycles.